The van der Waals surface area contributed by atoms with Crippen molar-refractivity contribution in [3.05, 3.63) is 41.0 Å². The quantitative estimate of drug-likeness (QED) is 0.574. The lowest BCUT2D eigenvalue weighted by Gasteiger charge is -2.18. The van der Waals surface area contributed by atoms with Crippen LogP contribution in [0.3, 0.4) is 0 Å². The first-order valence-electron chi connectivity index (χ1n) is 5.77. The molecule has 0 amide bonds. The molecule has 0 unspecified atom stereocenters. The predicted molar refractivity (Wildman–Crippen MR) is 70.8 cm³/mol. The monoisotopic (exact) mass is 232 g/mol. The second-order valence-electron chi connectivity index (χ2n) is 5.17. The first-order valence-corrected chi connectivity index (χ1v) is 5.77. The van der Waals surface area contributed by atoms with E-state index in [1.54, 1.807) is 0 Å². The number of hydrogen-bond donors (Lipinski definition) is 0. The van der Waals surface area contributed by atoms with Gasteiger partial charge in [-0.2, -0.15) is 0 Å². The molecule has 1 aromatic carbocycles. The van der Waals surface area contributed by atoms with Gasteiger partial charge in [-0.15, -0.1) is 0 Å². The van der Waals surface area contributed by atoms with Crippen molar-refractivity contribution in [3.8, 4) is 0 Å². The lowest BCUT2D eigenvalue weighted by molar-refractivity contribution is -0.148. The molecule has 0 saturated heterocycles. The largest absolute Gasteiger partial charge is 0.457 e. The zero-order valence-corrected chi connectivity index (χ0v) is 11.2. The Hall–Kier alpha value is -1.57. The van der Waals surface area contributed by atoms with Crippen molar-refractivity contribution >= 4 is 12.0 Å². The van der Waals surface area contributed by atoms with Crippen molar-refractivity contribution in [2.75, 3.05) is 0 Å². The van der Waals surface area contributed by atoms with Gasteiger partial charge < -0.3 is 4.74 Å². The average molecular weight is 232 g/mol. The zero-order chi connectivity index (χ0) is 13.1. The Morgan fingerprint density at radius 1 is 1.18 bits per heavy atom. The van der Waals surface area contributed by atoms with Gasteiger partial charge in [0.25, 0.3) is 0 Å². The molecule has 0 spiro atoms. The van der Waals surface area contributed by atoms with Crippen LogP contribution in [0, 0.1) is 13.8 Å². The van der Waals surface area contributed by atoms with Gasteiger partial charge >= 0.3 is 5.97 Å². The van der Waals surface area contributed by atoms with Crippen LogP contribution in [0.2, 0.25) is 0 Å². The Bertz CT molecular complexity index is 416. The molecular formula is C15H20O2. The molecule has 1 rings (SSSR count). The van der Waals surface area contributed by atoms with E-state index in [0.717, 1.165) is 16.7 Å². The highest BCUT2D eigenvalue weighted by atomic mass is 16.6. The second kappa shape index (κ2) is 5.17. The van der Waals surface area contributed by atoms with E-state index in [0.29, 0.717) is 0 Å². The number of carbonyl (C=O) groups excluding carboxylic acids is 1. The second-order valence-corrected chi connectivity index (χ2v) is 5.17. The molecule has 92 valence electrons. The van der Waals surface area contributed by atoms with Gasteiger partial charge in [0, 0.05) is 6.08 Å². The smallest absolute Gasteiger partial charge is 0.331 e. The van der Waals surface area contributed by atoms with Crippen LogP contribution < -0.4 is 0 Å². The summed E-state index contributed by atoms with van der Waals surface area (Å²) in [6.07, 6.45) is 3.30. The van der Waals surface area contributed by atoms with E-state index in [1.165, 1.54) is 6.08 Å². The Labute approximate surface area is 103 Å². The Morgan fingerprint density at radius 2 is 1.71 bits per heavy atom. The summed E-state index contributed by atoms with van der Waals surface area (Å²) in [7, 11) is 0. The van der Waals surface area contributed by atoms with E-state index >= 15 is 0 Å². The van der Waals surface area contributed by atoms with E-state index in [1.807, 2.05) is 58.9 Å². The van der Waals surface area contributed by atoms with Crippen LogP contribution in [0.4, 0.5) is 0 Å². The molecule has 0 fully saturated rings. The molecule has 0 bridgehead atoms. The van der Waals surface area contributed by atoms with E-state index in [9.17, 15) is 4.79 Å². The highest BCUT2D eigenvalue weighted by Crippen LogP contribution is 2.15. The molecule has 0 aromatic heterocycles. The molecule has 0 atom stereocenters. The van der Waals surface area contributed by atoms with Crippen molar-refractivity contribution < 1.29 is 9.53 Å². The van der Waals surface area contributed by atoms with Crippen molar-refractivity contribution in [1.29, 1.82) is 0 Å². The third-order valence-corrected chi connectivity index (χ3v) is 2.33. The van der Waals surface area contributed by atoms with E-state index in [-0.39, 0.29) is 5.97 Å². The number of carbonyl (C=O) groups is 1. The molecule has 0 radical (unpaired) electrons. The highest BCUT2D eigenvalue weighted by molar-refractivity contribution is 5.87. The number of aryl methyl sites for hydroxylation is 2. The molecule has 2 heteroatoms. The lowest BCUT2D eigenvalue weighted by Crippen LogP contribution is -2.22. The third kappa shape index (κ3) is 4.43. The van der Waals surface area contributed by atoms with E-state index in [4.69, 9.17) is 4.74 Å². The van der Waals surface area contributed by atoms with E-state index in [2.05, 4.69) is 0 Å². The minimum Gasteiger partial charge on any atom is -0.457 e. The zero-order valence-electron chi connectivity index (χ0n) is 11.2. The number of esters is 1. The Morgan fingerprint density at radius 3 is 2.18 bits per heavy atom. The summed E-state index contributed by atoms with van der Waals surface area (Å²) in [6, 6.07) is 6.07. The fraction of sp³-hybridized carbons (Fsp3) is 0.400. The van der Waals surface area contributed by atoms with Crippen LogP contribution in [0.5, 0.6) is 0 Å². The maximum Gasteiger partial charge on any atom is 0.331 e. The fourth-order valence-corrected chi connectivity index (χ4v) is 1.58. The summed E-state index contributed by atoms with van der Waals surface area (Å²) in [5.74, 6) is -0.305. The minimum absolute atomic E-state index is 0.305. The molecular weight excluding hydrogens is 212 g/mol. The number of benzene rings is 1. The first-order chi connectivity index (χ1) is 7.79. The molecule has 0 N–H and O–H groups in total. The number of ether oxygens (including phenoxy) is 1. The van der Waals surface area contributed by atoms with Gasteiger partial charge in [-0.3, -0.25) is 0 Å². The SMILES string of the molecule is Cc1cccc(C)c1C=CC(=O)OC(C)(C)C. The summed E-state index contributed by atoms with van der Waals surface area (Å²) in [4.78, 5) is 11.5. The van der Waals surface area contributed by atoms with Crippen LogP contribution in [0.1, 0.15) is 37.5 Å². The molecule has 17 heavy (non-hydrogen) atoms. The van der Waals surface area contributed by atoms with Crippen molar-refractivity contribution in [2.24, 2.45) is 0 Å². The van der Waals surface area contributed by atoms with Crippen molar-refractivity contribution in [3.63, 3.8) is 0 Å². The highest BCUT2D eigenvalue weighted by Gasteiger charge is 2.13. The van der Waals surface area contributed by atoms with Gasteiger partial charge in [0.15, 0.2) is 0 Å². The molecule has 1 aromatic rings. The number of hydrogen-bond acceptors (Lipinski definition) is 2. The molecule has 0 aliphatic heterocycles. The summed E-state index contributed by atoms with van der Waals surface area (Å²) in [5.41, 5.74) is 2.95. The summed E-state index contributed by atoms with van der Waals surface area (Å²) < 4.78 is 5.21. The van der Waals surface area contributed by atoms with Gasteiger partial charge in [-0.1, -0.05) is 18.2 Å². The molecule has 0 saturated carbocycles. The van der Waals surface area contributed by atoms with Crippen LogP contribution in [0.25, 0.3) is 6.08 Å². The van der Waals surface area contributed by atoms with Crippen LogP contribution in [0.15, 0.2) is 24.3 Å². The van der Waals surface area contributed by atoms with Crippen LogP contribution in [-0.2, 0) is 9.53 Å². The van der Waals surface area contributed by atoms with Gasteiger partial charge in [-0.25, -0.2) is 4.79 Å². The van der Waals surface area contributed by atoms with Crippen molar-refractivity contribution in [2.45, 2.75) is 40.2 Å². The van der Waals surface area contributed by atoms with Crippen LogP contribution in [-0.4, -0.2) is 11.6 Å². The van der Waals surface area contributed by atoms with Crippen molar-refractivity contribution in [1.82, 2.24) is 0 Å². The summed E-state index contributed by atoms with van der Waals surface area (Å²) >= 11 is 0. The minimum atomic E-state index is -0.442. The first kappa shape index (κ1) is 13.5. The van der Waals surface area contributed by atoms with E-state index < -0.39 is 5.60 Å². The molecule has 0 aliphatic rings. The Balaban J connectivity index is 2.81. The third-order valence-electron chi connectivity index (χ3n) is 2.33. The summed E-state index contributed by atoms with van der Waals surface area (Å²) in [5, 5.41) is 0. The van der Waals surface area contributed by atoms with Crippen LogP contribution >= 0.6 is 0 Å². The summed E-state index contributed by atoms with van der Waals surface area (Å²) in [6.45, 7) is 9.64. The normalized spacial score (nSPS) is 11.8. The van der Waals surface area contributed by atoms with Gasteiger partial charge in [0.05, 0.1) is 0 Å². The van der Waals surface area contributed by atoms with Gasteiger partial charge in [0.1, 0.15) is 5.60 Å². The maximum absolute atomic E-state index is 11.5. The van der Waals surface area contributed by atoms with Gasteiger partial charge in [-0.05, 0) is 57.4 Å². The maximum atomic E-state index is 11.5. The number of rotatable bonds is 2. The van der Waals surface area contributed by atoms with Gasteiger partial charge in [0.2, 0.25) is 0 Å². The standard InChI is InChI=1S/C15H20O2/c1-11-7-6-8-12(2)13(11)9-10-14(16)17-15(3,4)5/h6-10H,1-5H3. The fourth-order valence-electron chi connectivity index (χ4n) is 1.58. The molecule has 0 heterocycles. The molecule has 0 aliphatic carbocycles. The topological polar surface area (TPSA) is 26.3 Å². The predicted octanol–water partition coefficient (Wildman–Crippen LogP) is 3.66. The average Bonchev–Trinajstić information content (AvgIpc) is 2.14. The molecule has 2 nitrogen and oxygen atoms in total. The Kier molecular flexibility index (Phi) is 4.11. The lowest BCUT2D eigenvalue weighted by atomic mass is 10.0.